The molecule has 0 amide bonds. The average molecular weight is 299 g/mol. The molecule has 2 fully saturated rings. The third-order valence-electron chi connectivity index (χ3n) is 4.09. The highest BCUT2D eigenvalue weighted by atomic mass is 19.1. The van der Waals surface area contributed by atoms with E-state index in [1.54, 1.807) is 0 Å². The number of aliphatic hydroxyl groups excluding tert-OH is 2. The molecule has 0 aromatic carbocycles. The molecule has 1 aromatic rings. The first-order valence-electron chi connectivity index (χ1n) is 5.89. The van der Waals surface area contributed by atoms with Crippen LogP contribution in [0.25, 0.3) is 0 Å². The van der Waals surface area contributed by atoms with Crippen LogP contribution < -0.4 is 11.2 Å². The Labute approximate surface area is 115 Å². The van der Waals surface area contributed by atoms with E-state index in [1.807, 2.05) is 4.98 Å². The lowest BCUT2D eigenvalue weighted by Crippen LogP contribution is -2.54. The van der Waals surface area contributed by atoms with Crippen molar-refractivity contribution in [1.29, 1.82) is 5.26 Å². The van der Waals surface area contributed by atoms with E-state index in [1.165, 1.54) is 6.07 Å². The number of alkyl halides is 1. The van der Waals surface area contributed by atoms with E-state index in [2.05, 4.69) is 0 Å². The summed E-state index contributed by atoms with van der Waals surface area (Å²) >= 11 is 0. The molecular formula is C11H10FN3O6. The van der Waals surface area contributed by atoms with Crippen molar-refractivity contribution in [3.8, 4) is 6.07 Å². The Morgan fingerprint density at radius 1 is 1.57 bits per heavy atom. The summed E-state index contributed by atoms with van der Waals surface area (Å²) in [5.41, 5.74) is -8.98. The van der Waals surface area contributed by atoms with E-state index in [4.69, 9.17) is 4.74 Å². The Hall–Kier alpha value is -2.06. The van der Waals surface area contributed by atoms with E-state index in [-0.39, 0.29) is 0 Å². The minimum absolute atomic E-state index is 0.535. The molecule has 0 bridgehead atoms. The molecule has 1 aliphatic heterocycles. The monoisotopic (exact) mass is 299 g/mol. The number of halogens is 1. The molecule has 1 unspecified atom stereocenters. The lowest BCUT2D eigenvalue weighted by molar-refractivity contribution is -0.161. The normalized spacial score (nSPS) is 44.1. The van der Waals surface area contributed by atoms with Crippen LogP contribution in [-0.2, 0) is 10.5 Å². The summed E-state index contributed by atoms with van der Waals surface area (Å²) < 4.78 is 19.4. The van der Waals surface area contributed by atoms with Crippen LogP contribution in [0, 0.1) is 11.3 Å². The van der Waals surface area contributed by atoms with E-state index in [0.29, 0.717) is 4.57 Å². The molecule has 0 spiro atoms. The molecule has 4 N–H and O–H groups in total. The lowest BCUT2D eigenvalue weighted by Gasteiger charge is -2.30. The zero-order valence-electron chi connectivity index (χ0n) is 10.4. The van der Waals surface area contributed by atoms with Crippen molar-refractivity contribution in [2.45, 2.75) is 29.2 Å². The molecule has 1 saturated heterocycles. The number of aliphatic hydroxyl groups is 3. The second kappa shape index (κ2) is 3.77. The van der Waals surface area contributed by atoms with Crippen LogP contribution in [-0.4, -0.2) is 55.0 Å². The van der Waals surface area contributed by atoms with Gasteiger partial charge in [0, 0.05) is 12.3 Å². The van der Waals surface area contributed by atoms with Gasteiger partial charge in [-0.2, -0.15) is 5.26 Å². The summed E-state index contributed by atoms with van der Waals surface area (Å²) in [6.45, 7) is -0.997. The Morgan fingerprint density at radius 3 is 2.71 bits per heavy atom. The van der Waals surface area contributed by atoms with Crippen LogP contribution >= 0.6 is 0 Å². The average Bonchev–Trinajstić information content (AvgIpc) is 2.83. The molecule has 1 saturated carbocycles. The van der Waals surface area contributed by atoms with Gasteiger partial charge in [0.05, 0.1) is 6.61 Å². The molecule has 2 heterocycles. The highest BCUT2D eigenvalue weighted by molar-refractivity contribution is 5.40. The lowest BCUT2D eigenvalue weighted by atomic mass is 10.0. The van der Waals surface area contributed by atoms with Crippen LogP contribution in [0.5, 0.6) is 0 Å². The summed E-state index contributed by atoms with van der Waals surface area (Å²) in [5, 5.41) is 38.7. The van der Waals surface area contributed by atoms with E-state index < -0.39 is 47.1 Å². The Bertz CT molecular complexity index is 766. The van der Waals surface area contributed by atoms with Crippen molar-refractivity contribution >= 4 is 0 Å². The van der Waals surface area contributed by atoms with Crippen LogP contribution in [0.1, 0.15) is 0 Å². The van der Waals surface area contributed by atoms with E-state index >= 15 is 0 Å². The van der Waals surface area contributed by atoms with E-state index in [9.17, 15) is 34.6 Å². The van der Waals surface area contributed by atoms with Crippen LogP contribution in [0.4, 0.5) is 4.39 Å². The number of nitriles is 1. The van der Waals surface area contributed by atoms with Crippen molar-refractivity contribution in [2.24, 2.45) is 0 Å². The molecule has 1 aromatic heterocycles. The fraction of sp³-hybridized carbons (Fsp3) is 0.545. The van der Waals surface area contributed by atoms with Crippen molar-refractivity contribution in [1.82, 2.24) is 9.55 Å². The van der Waals surface area contributed by atoms with Crippen molar-refractivity contribution in [2.75, 3.05) is 6.61 Å². The van der Waals surface area contributed by atoms with Gasteiger partial charge in [0.2, 0.25) is 0 Å². The SMILES string of the molecule is N#C[C@@]1(n2ccc(=O)[nH]c2=O)O[C@@]2(CO)C(F)[C@]2(O)[C@H]1O. The third kappa shape index (κ3) is 1.27. The first-order chi connectivity index (χ1) is 9.80. The number of aromatic amines is 1. The number of H-pyrrole nitrogens is 1. The van der Waals surface area contributed by atoms with Gasteiger partial charge in [0.15, 0.2) is 23.5 Å². The van der Waals surface area contributed by atoms with Gasteiger partial charge in [-0.3, -0.25) is 14.3 Å². The summed E-state index contributed by atoms with van der Waals surface area (Å²) in [4.78, 5) is 24.6. The first kappa shape index (κ1) is 13.9. The number of nitrogens with zero attached hydrogens (tertiary/aromatic N) is 2. The van der Waals surface area contributed by atoms with Gasteiger partial charge in [-0.15, -0.1) is 0 Å². The van der Waals surface area contributed by atoms with Gasteiger partial charge in [-0.25, -0.2) is 9.18 Å². The second-order valence-electron chi connectivity index (χ2n) is 5.03. The fourth-order valence-corrected chi connectivity index (χ4v) is 2.84. The Balaban J connectivity index is 2.19. The Kier molecular flexibility index (Phi) is 2.50. The number of nitrogens with one attached hydrogen (secondary N) is 1. The van der Waals surface area contributed by atoms with Gasteiger partial charge in [0.25, 0.3) is 11.3 Å². The Morgan fingerprint density at radius 2 is 2.24 bits per heavy atom. The number of rotatable bonds is 2. The molecule has 5 atom stereocenters. The van der Waals surface area contributed by atoms with E-state index in [0.717, 1.165) is 12.3 Å². The molecule has 21 heavy (non-hydrogen) atoms. The molecule has 9 nitrogen and oxygen atoms in total. The number of ether oxygens (including phenoxy) is 1. The van der Waals surface area contributed by atoms with Gasteiger partial charge >= 0.3 is 5.69 Å². The standard InChI is InChI=1S/C11H10FN3O6/c12-6-9(4-16)11(6,20)7(18)10(3-13,21-9)15-2-1-5(17)14-8(15)19/h1-2,6-7,16,18,20H,4H2,(H,14,17,19)/t6?,7-,9-,10+,11-/m0/s1. The zero-order valence-corrected chi connectivity index (χ0v) is 10.4. The molecule has 112 valence electrons. The van der Waals surface area contributed by atoms with Crippen LogP contribution in [0.2, 0.25) is 0 Å². The fourth-order valence-electron chi connectivity index (χ4n) is 2.84. The van der Waals surface area contributed by atoms with Gasteiger partial charge in [0.1, 0.15) is 6.07 Å². The predicted octanol–water partition coefficient (Wildman–Crippen LogP) is -3.08. The highest BCUT2D eigenvalue weighted by Gasteiger charge is 2.92. The molecule has 10 heteroatoms. The van der Waals surface area contributed by atoms with Gasteiger partial charge in [-0.05, 0) is 0 Å². The predicted molar refractivity (Wildman–Crippen MR) is 61.7 cm³/mol. The quantitative estimate of drug-likeness (QED) is 0.452. The smallest absolute Gasteiger partial charge is 0.331 e. The van der Waals surface area contributed by atoms with Crippen molar-refractivity contribution in [3.05, 3.63) is 33.1 Å². The van der Waals surface area contributed by atoms with Gasteiger partial charge in [-0.1, -0.05) is 0 Å². The largest absolute Gasteiger partial charge is 0.393 e. The summed E-state index contributed by atoms with van der Waals surface area (Å²) in [6, 6.07) is 2.39. The minimum Gasteiger partial charge on any atom is -0.393 e. The highest BCUT2D eigenvalue weighted by Crippen LogP contribution is 2.65. The van der Waals surface area contributed by atoms with Gasteiger partial charge < -0.3 is 20.1 Å². The van der Waals surface area contributed by atoms with Crippen LogP contribution in [0.3, 0.4) is 0 Å². The molecule has 0 radical (unpaired) electrons. The molecule has 3 rings (SSSR count). The third-order valence-corrected chi connectivity index (χ3v) is 4.09. The molecular weight excluding hydrogens is 289 g/mol. The van der Waals surface area contributed by atoms with Crippen LogP contribution in [0.15, 0.2) is 21.9 Å². The summed E-state index contributed by atoms with van der Waals surface area (Å²) in [5.74, 6) is 0. The topological polar surface area (TPSA) is 149 Å². The molecule has 2 aliphatic rings. The maximum atomic E-state index is 13.7. The number of fused-ring (bicyclic) bond motifs is 1. The zero-order chi connectivity index (χ0) is 15.6. The van der Waals surface area contributed by atoms with Crippen molar-refractivity contribution < 1.29 is 24.4 Å². The first-order valence-corrected chi connectivity index (χ1v) is 5.89. The second-order valence-corrected chi connectivity index (χ2v) is 5.03. The number of aromatic nitrogens is 2. The summed E-state index contributed by atoms with van der Waals surface area (Å²) in [7, 11) is 0. The molecule has 1 aliphatic carbocycles. The number of hydrogen-bond acceptors (Lipinski definition) is 7. The van der Waals surface area contributed by atoms with Crippen molar-refractivity contribution in [3.63, 3.8) is 0 Å². The maximum Gasteiger partial charge on any atom is 0.331 e. The summed E-state index contributed by atoms with van der Waals surface area (Å²) in [6.07, 6.45) is -3.37. The number of hydrogen-bond donors (Lipinski definition) is 4. The maximum absolute atomic E-state index is 13.7. The minimum atomic E-state index is -2.51.